The predicted molar refractivity (Wildman–Crippen MR) is 87.0 cm³/mol. The molecule has 112 valence electrons. The van der Waals surface area contributed by atoms with Crippen LogP contribution in [0.25, 0.3) is 0 Å². The van der Waals surface area contributed by atoms with E-state index in [4.69, 9.17) is 9.73 Å². The van der Waals surface area contributed by atoms with Crippen LogP contribution in [-0.2, 0) is 4.74 Å². The molecule has 3 nitrogen and oxygen atoms in total. The molecule has 1 aliphatic rings. The molecule has 3 heteroatoms. The lowest BCUT2D eigenvalue weighted by Gasteiger charge is -2.24. The van der Waals surface area contributed by atoms with Crippen LogP contribution in [-0.4, -0.2) is 17.9 Å². The van der Waals surface area contributed by atoms with E-state index in [1.165, 1.54) is 0 Å². The number of unbranched alkanes of at least 4 members (excludes halogenated alkanes) is 1. The molecule has 0 spiro atoms. The van der Waals surface area contributed by atoms with Crippen LogP contribution in [0.5, 0.6) is 0 Å². The highest BCUT2D eigenvalue weighted by Crippen LogP contribution is 2.30. The molecule has 0 heterocycles. The van der Waals surface area contributed by atoms with E-state index in [1.54, 1.807) is 7.11 Å². The highest BCUT2D eigenvalue weighted by molar-refractivity contribution is 6.04. The van der Waals surface area contributed by atoms with Crippen molar-refractivity contribution < 1.29 is 9.84 Å². The quantitative estimate of drug-likeness (QED) is 0.832. The number of nitrogens with zero attached hydrogens (tertiary/aromatic N) is 1. The van der Waals surface area contributed by atoms with Gasteiger partial charge in [0, 0.05) is 0 Å². The monoisotopic (exact) mass is 285 g/mol. The number of aliphatic hydroxyl groups excluding tert-OH is 1. The molecule has 2 rings (SSSR count). The van der Waals surface area contributed by atoms with Crippen LogP contribution in [0, 0.1) is 5.92 Å². The topological polar surface area (TPSA) is 41.8 Å². The molecule has 1 aliphatic carbocycles. The first-order chi connectivity index (χ1) is 10.2. The summed E-state index contributed by atoms with van der Waals surface area (Å²) in [5.74, 6) is 1.01. The van der Waals surface area contributed by atoms with Crippen LogP contribution < -0.4 is 0 Å². The first-order valence-corrected chi connectivity index (χ1v) is 7.49. The molecule has 1 atom stereocenters. The Bertz CT molecular complexity index is 570. The Balaban J connectivity index is 2.44. The Morgan fingerprint density at radius 3 is 2.57 bits per heavy atom. The first-order valence-electron chi connectivity index (χ1n) is 7.49. The summed E-state index contributed by atoms with van der Waals surface area (Å²) >= 11 is 0. The van der Waals surface area contributed by atoms with Crippen molar-refractivity contribution in [2.75, 3.05) is 7.11 Å². The van der Waals surface area contributed by atoms with Gasteiger partial charge in [-0.15, -0.1) is 0 Å². The van der Waals surface area contributed by atoms with Crippen molar-refractivity contribution in [3.05, 3.63) is 53.5 Å². The summed E-state index contributed by atoms with van der Waals surface area (Å²) in [5.41, 5.74) is 2.71. The normalized spacial score (nSPS) is 20.6. The number of aliphatic hydroxyl groups is 1. The zero-order chi connectivity index (χ0) is 15.2. The zero-order valence-electron chi connectivity index (χ0n) is 13.0. The largest absolute Gasteiger partial charge is 0.512 e. The molecule has 1 aromatic rings. The minimum atomic E-state index is -0.148. The zero-order valence-corrected chi connectivity index (χ0v) is 13.0. The molecular weight excluding hydrogens is 262 g/mol. The van der Waals surface area contributed by atoms with Crippen molar-refractivity contribution in [2.45, 2.75) is 33.1 Å². The number of aliphatic imine (C=N–C) groups is 1. The minimum Gasteiger partial charge on any atom is -0.512 e. The van der Waals surface area contributed by atoms with Gasteiger partial charge in [-0.2, -0.15) is 0 Å². The number of ether oxygens (including phenoxy) is 1. The van der Waals surface area contributed by atoms with Gasteiger partial charge in [-0.1, -0.05) is 31.5 Å². The van der Waals surface area contributed by atoms with Crippen LogP contribution >= 0.6 is 0 Å². The highest BCUT2D eigenvalue weighted by atomic mass is 16.5. The molecular formula is C18H23NO2. The number of hydrogen-bond donors (Lipinski definition) is 1. The van der Waals surface area contributed by atoms with Crippen molar-refractivity contribution in [1.29, 1.82) is 0 Å². The molecule has 21 heavy (non-hydrogen) atoms. The second-order valence-electron chi connectivity index (χ2n) is 5.29. The van der Waals surface area contributed by atoms with E-state index in [0.717, 1.165) is 42.0 Å². The molecule has 1 aromatic carbocycles. The van der Waals surface area contributed by atoms with Crippen molar-refractivity contribution in [2.24, 2.45) is 10.9 Å². The van der Waals surface area contributed by atoms with Crippen LogP contribution in [0.3, 0.4) is 0 Å². The van der Waals surface area contributed by atoms with Gasteiger partial charge in [0.05, 0.1) is 24.4 Å². The van der Waals surface area contributed by atoms with E-state index in [0.29, 0.717) is 5.76 Å². The number of methoxy groups -OCH3 is 1. The molecule has 0 saturated heterocycles. The maximum atomic E-state index is 10.2. The van der Waals surface area contributed by atoms with Crippen LogP contribution in [0.2, 0.25) is 0 Å². The maximum absolute atomic E-state index is 10.2. The summed E-state index contributed by atoms with van der Waals surface area (Å²) in [6.07, 6.45) is 4.90. The first kappa shape index (κ1) is 15.4. The summed E-state index contributed by atoms with van der Waals surface area (Å²) in [5, 5.41) is 10.2. The van der Waals surface area contributed by atoms with E-state index in [9.17, 15) is 5.11 Å². The summed E-state index contributed by atoms with van der Waals surface area (Å²) in [7, 11) is 1.67. The fourth-order valence-corrected chi connectivity index (χ4v) is 2.45. The summed E-state index contributed by atoms with van der Waals surface area (Å²) in [6, 6.07) is 9.78. The van der Waals surface area contributed by atoms with Gasteiger partial charge in [0.25, 0.3) is 0 Å². The van der Waals surface area contributed by atoms with Crippen LogP contribution in [0.1, 0.15) is 33.1 Å². The molecule has 1 N–H and O–H groups in total. The Kier molecular flexibility index (Phi) is 5.20. The average Bonchev–Trinajstić information content (AvgIpc) is 2.51. The molecule has 0 saturated carbocycles. The third-order valence-corrected chi connectivity index (χ3v) is 3.71. The van der Waals surface area contributed by atoms with Crippen LogP contribution in [0.4, 0.5) is 5.69 Å². The lowest BCUT2D eigenvalue weighted by atomic mass is 9.90. The molecule has 0 aliphatic heterocycles. The summed E-state index contributed by atoms with van der Waals surface area (Å²) < 4.78 is 5.60. The number of allylic oxidation sites excluding steroid dienone is 4. The number of para-hydroxylation sites is 1. The van der Waals surface area contributed by atoms with Crippen molar-refractivity contribution in [3.8, 4) is 0 Å². The summed E-state index contributed by atoms with van der Waals surface area (Å²) in [6.45, 7) is 4.10. The van der Waals surface area contributed by atoms with Crippen molar-refractivity contribution >= 4 is 11.4 Å². The van der Waals surface area contributed by atoms with Gasteiger partial charge >= 0.3 is 0 Å². The Labute approximate surface area is 126 Å². The second-order valence-corrected chi connectivity index (χ2v) is 5.29. The average molecular weight is 285 g/mol. The van der Waals surface area contributed by atoms with E-state index in [2.05, 4.69) is 6.92 Å². The summed E-state index contributed by atoms with van der Waals surface area (Å²) in [4.78, 5) is 4.69. The lowest BCUT2D eigenvalue weighted by Crippen LogP contribution is -2.22. The molecule has 0 aromatic heterocycles. The number of rotatable bonds is 5. The number of benzene rings is 1. The van der Waals surface area contributed by atoms with E-state index >= 15 is 0 Å². The van der Waals surface area contributed by atoms with Gasteiger partial charge in [-0.3, -0.25) is 0 Å². The molecule has 0 radical (unpaired) electrons. The van der Waals surface area contributed by atoms with Gasteiger partial charge in [-0.05, 0) is 43.5 Å². The van der Waals surface area contributed by atoms with Gasteiger partial charge in [0.1, 0.15) is 11.5 Å². The standard InChI is InChI=1S/C18H23NO2/c1-4-5-9-14-12-16(20)13(2)17(18(14)21-3)19-15-10-7-6-8-11-15/h6-8,10-13,20H,4-5,9H2,1-3H3. The highest BCUT2D eigenvalue weighted by Gasteiger charge is 2.27. The lowest BCUT2D eigenvalue weighted by molar-refractivity contribution is 0.297. The van der Waals surface area contributed by atoms with Crippen LogP contribution in [0.15, 0.2) is 58.5 Å². The van der Waals surface area contributed by atoms with E-state index < -0.39 is 0 Å². The predicted octanol–water partition coefficient (Wildman–Crippen LogP) is 4.94. The second kappa shape index (κ2) is 7.11. The Morgan fingerprint density at radius 1 is 1.24 bits per heavy atom. The fourth-order valence-electron chi connectivity index (χ4n) is 2.45. The van der Waals surface area contributed by atoms with Gasteiger partial charge in [-0.25, -0.2) is 4.99 Å². The molecule has 1 unspecified atom stereocenters. The Hall–Kier alpha value is -2.03. The van der Waals surface area contributed by atoms with Gasteiger partial charge in [0.2, 0.25) is 0 Å². The smallest absolute Gasteiger partial charge is 0.144 e. The fraction of sp³-hybridized carbons (Fsp3) is 0.389. The number of hydrogen-bond acceptors (Lipinski definition) is 3. The third-order valence-electron chi connectivity index (χ3n) is 3.71. The van der Waals surface area contributed by atoms with E-state index in [-0.39, 0.29) is 5.92 Å². The third kappa shape index (κ3) is 3.54. The molecule has 0 amide bonds. The molecule has 0 bridgehead atoms. The van der Waals surface area contributed by atoms with E-state index in [1.807, 2.05) is 43.3 Å². The Morgan fingerprint density at radius 2 is 1.95 bits per heavy atom. The minimum absolute atomic E-state index is 0.148. The van der Waals surface area contributed by atoms with Gasteiger partial charge in [0.15, 0.2) is 0 Å². The van der Waals surface area contributed by atoms with Crippen molar-refractivity contribution in [3.63, 3.8) is 0 Å². The maximum Gasteiger partial charge on any atom is 0.144 e. The SMILES string of the molecule is CCCCC1=C(OC)C(=Nc2ccccc2)C(C)C(O)=C1. The molecule has 0 fully saturated rings. The van der Waals surface area contributed by atoms with Crippen molar-refractivity contribution in [1.82, 2.24) is 0 Å². The van der Waals surface area contributed by atoms with Gasteiger partial charge < -0.3 is 9.84 Å².